The number of hydrogen-bond donors (Lipinski definition) is 3. The summed E-state index contributed by atoms with van der Waals surface area (Å²) in [4.78, 5) is 11.4. The molecule has 0 saturated heterocycles. The Balaban J connectivity index is 2.68. The molecule has 0 aliphatic rings. The molecule has 0 saturated carbocycles. The minimum Gasteiger partial charge on any atom is -0.397 e. The highest BCUT2D eigenvalue weighted by Gasteiger charge is 2.16. The Morgan fingerprint density at radius 2 is 2.00 bits per heavy atom. The number of carbonyl (C=O) groups is 1. The Morgan fingerprint density at radius 1 is 1.33 bits per heavy atom. The monoisotopic (exact) mass is 333 g/mol. The second-order valence-electron chi connectivity index (χ2n) is 4.64. The molecular formula is C13H20ClN3O3S. The highest BCUT2D eigenvalue weighted by atomic mass is 35.5. The van der Waals surface area contributed by atoms with Crippen LogP contribution in [0.15, 0.2) is 17.0 Å². The van der Waals surface area contributed by atoms with Gasteiger partial charge < -0.3 is 11.1 Å². The molecule has 0 unspecified atom stereocenters. The van der Waals surface area contributed by atoms with E-state index in [1.54, 1.807) is 6.92 Å². The number of halogens is 1. The number of aryl methyl sites for hydroxylation is 1. The van der Waals surface area contributed by atoms with Crippen molar-refractivity contribution in [2.24, 2.45) is 0 Å². The Labute approximate surface area is 130 Å². The number of anilines is 1. The second kappa shape index (κ2) is 7.63. The summed E-state index contributed by atoms with van der Waals surface area (Å²) in [6.07, 6.45) is 0.919. The van der Waals surface area contributed by atoms with E-state index < -0.39 is 10.0 Å². The largest absolute Gasteiger partial charge is 0.397 e. The quantitative estimate of drug-likeness (QED) is 0.657. The number of rotatable bonds is 7. The van der Waals surface area contributed by atoms with Crippen LogP contribution in [0.3, 0.4) is 0 Å². The van der Waals surface area contributed by atoms with E-state index in [2.05, 4.69) is 10.0 Å². The van der Waals surface area contributed by atoms with Crippen LogP contribution in [0.5, 0.6) is 0 Å². The summed E-state index contributed by atoms with van der Waals surface area (Å²) in [6, 6.07) is 2.74. The summed E-state index contributed by atoms with van der Waals surface area (Å²) >= 11 is 5.90. The lowest BCUT2D eigenvalue weighted by atomic mass is 10.2. The average Bonchev–Trinajstić information content (AvgIpc) is 2.41. The lowest BCUT2D eigenvalue weighted by molar-refractivity contribution is -0.120. The molecule has 118 valence electrons. The number of nitrogens with two attached hydrogens (primary N) is 1. The van der Waals surface area contributed by atoms with Gasteiger partial charge in [0.1, 0.15) is 0 Å². The van der Waals surface area contributed by atoms with E-state index >= 15 is 0 Å². The number of benzene rings is 1. The summed E-state index contributed by atoms with van der Waals surface area (Å²) in [5.74, 6) is -0.189. The highest BCUT2D eigenvalue weighted by molar-refractivity contribution is 7.89. The zero-order valence-electron chi connectivity index (χ0n) is 12.1. The smallest absolute Gasteiger partial charge is 0.240 e. The van der Waals surface area contributed by atoms with Crippen molar-refractivity contribution in [3.8, 4) is 0 Å². The molecule has 0 atom stereocenters. The molecular weight excluding hydrogens is 314 g/mol. The Morgan fingerprint density at radius 3 is 2.57 bits per heavy atom. The third-order valence-electron chi connectivity index (χ3n) is 2.78. The molecule has 0 radical (unpaired) electrons. The predicted molar refractivity (Wildman–Crippen MR) is 83.7 cm³/mol. The van der Waals surface area contributed by atoms with Crippen LogP contribution in [0.25, 0.3) is 0 Å². The maximum Gasteiger partial charge on any atom is 0.240 e. The molecule has 21 heavy (non-hydrogen) atoms. The van der Waals surface area contributed by atoms with Crippen LogP contribution in [0, 0.1) is 6.92 Å². The van der Waals surface area contributed by atoms with Gasteiger partial charge in [-0.05, 0) is 31.0 Å². The molecule has 0 bridgehead atoms. The molecule has 1 aromatic carbocycles. The van der Waals surface area contributed by atoms with E-state index in [1.807, 2.05) is 6.92 Å². The van der Waals surface area contributed by atoms with Crippen LogP contribution in [0.2, 0.25) is 5.02 Å². The first-order chi connectivity index (χ1) is 9.77. The Hall–Kier alpha value is -1.31. The summed E-state index contributed by atoms with van der Waals surface area (Å²) in [7, 11) is -3.71. The molecule has 1 amide bonds. The normalized spacial score (nSPS) is 11.4. The van der Waals surface area contributed by atoms with Gasteiger partial charge in [0.2, 0.25) is 15.9 Å². The predicted octanol–water partition coefficient (Wildman–Crippen LogP) is 1.43. The zero-order chi connectivity index (χ0) is 16.0. The minimum absolute atomic E-state index is 0.0272. The molecule has 0 heterocycles. The van der Waals surface area contributed by atoms with Gasteiger partial charge in [-0.25, -0.2) is 13.1 Å². The van der Waals surface area contributed by atoms with Crippen molar-refractivity contribution in [1.82, 2.24) is 10.0 Å². The van der Waals surface area contributed by atoms with Gasteiger partial charge in [0.25, 0.3) is 0 Å². The van der Waals surface area contributed by atoms with Gasteiger partial charge in [-0.15, -0.1) is 0 Å². The van der Waals surface area contributed by atoms with E-state index in [0.717, 1.165) is 6.42 Å². The summed E-state index contributed by atoms with van der Waals surface area (Å²) in [5, 5.41) is 3.01. The van der Waals surface area contributed by atoms with Gasteiger partial charge in [0.15, 0.2) is 0 Å². The molecule has 0 aliphatic carbocycles. The van der Waals surface area contributed by atoms with Crippen molar-refractivity contribution in [2.45, 2.75) is 31.6 Å². The van der Waals surface area contributed by atoms with Crippen molar-refractivity contribution in [1.29, 1.82) is 0 Å². The van der Waals surface area contributed by atoms with E-state index in [1.165, 1.54) is 12.1 Å². The SMILES string of the molecule is CCCNC(=O)CCNS(=O)(=O)c1cc(C)c(Cl)c(N)c1. The molecule has 0 spiro atoms. The first-order valence-electron chi connectivity index (χ1n) is 6.60. The molecule has 6 nitrogen and oxygen atoms in total. The molecule has 0 fully saturated rings. The van der Waals surface area contributed by atoms with E-state index in [-0.39, 0.29) is 29.5 Å². The molecule has 0 aliphatic heterocycles. The van der Waals surface area contributed by atoms with E-state index in [9.17, 15) is 13.2 Å². The fraction of sp³-hybridized carbons (Fsp3) is 0.462. The van der Waals surface area contributed by atoms with Crippen molar-refractivity contribution >= 4 is 33.2 Å². The molecule has 1 aromatic rings. The first-order valence-corrected chi connectivity index (χ1v) is 8.46. The zero-order valence-corrected chi connectivity index (χ0v) is 13.6. The van der Waals surface area contributed by atoms with Crippen LogP contribution in [-0.4, -0.2) is 27.4 Å². The van der Waals surface area contributed by atoms with Gasteiger partial charge in [-0.3, -0.25) is 4.79 Å². The number of carbonyl (C=O) groups excluding carboxylic acids is 1. The van der Waals surface area contributed by atoms with Crippen LogP contribution in [0.1, 0.15) is 25.3 Å². The first kappa shape index (κ1) is 17.7. The molecule has 1 rings (SSSR count). The van der Waals surface area contributed by atoms with Crippen molar-refractivity contribution < 1.29 is 13.2 Å². The molecule has 8 heteroatoms. The van der Waals surface area contributed by atoms with Gasteiger partial charge in [-0.1, -0.05) is 18.5 Å². The maximum absolute atomic E-state index is 12.1. The fourth-order valence-electron chi connectivity index (χ4n) is 1.65. The van der Waals surface area contributed by atoms with Crippen molar-refractivity contribution in [2.75, 3.05) is 18.8 Å². The lowest BCUT2D eigenvalue weighted by Crippen LogP contribution is -2.31. The van der Waals surface area contributed by atoms with Gasteiger partial charge in [0.05, 0.1) is 15.6 Å². The van der Waals surface area contributed by atoms with Crippen LogP contribution < -0.4 is 15.8 Å². The standard InChI is InChI=1S/C13H20ClN3O3S/c1-3-5-16-12(18)4-6-17-21(19,20)10-7-9(2)13(14)11(15)8-10/h7-8,17H,3-6,15H2,1-2H3,(H,16,18). The minimum atomic E-state index is -3.71. The third kappa shape index (κ3) is 5.18. The van der Waals surface area contributed by atoms with Gasteiger partial charge >= 0.3 is 0 Å². The van der Waals surface area contributed by atoms with E-state index in [0.29, 0.717) is 17.1 Å². The third-order valence-corrected chi connectivity index (χ3v) is 4.74. The summed E-state index contributed by atoms with van der Waals surface area (Å²) in [6.45, 7) is 4.23. The number of amides is 1. The highest BCUT2D eigenvalue weighted by Crippen LogP contribution is 2.26. The maximum atomic E-state index is 12.1. The number of nitrogens with one attached hydrogen (secondary N) is 2. The Bertz CT molecular complexity index is 594. The topological polar surface area (TPSA) is 101 Å². The molecule has 4 N–H and O–H groups in total. The second-order valence-corrected chi connectivity index (χ2v) is 6.79. The Kier molecular flexibility index (Phi) is 6.44. The number of sulfonamides is 1. The number of nitrogen functional groups attached to an aromatic ring is 1. The van der Waals surface area contributed by atoms with Gasteiger partial charge in [0, 0.05) is 19.5 Å². The fourth-order valence-corrected chi connectivity index (χ4v) is 2.91. The summed E-state index contributed by atoms with van der Waals surface area (Å²) in [5.41, 5.74) is 6.45. The lowest BCUT2D eigenvalue weighted by Gasteiger charge is -2.10. The summed E-state index contributed by atoms with van der Waals surface area (Å²) < 4.78 is 26.6. The van der Waals surface area contributed by atoms with Crippen LogP contribution >= 0.6 is 11.6 Å². The van der Waals surface area contributed by atoms with E-state index in [4.69, 9.17) is 17.3 Å². The number of hydrogen-bond acceptors (Lipinski definition) is 4. The van der Waals surface area contributed by atoms with Crippen molar-refractivity contribution in [3.63, 3.8) is 0 Å². The van der Waals surface area contributed by atoms with Crippen LogP contribution in [0.4, 0.5) is 5.69 Å². The van der Waals surface area contributed by atoms with Crippen molar-refractivity contribution in [3.05, 3.63) is 22.7 Å². The van der Waals surface area contributed by atoms with Crippen LogP contribution in [-0.2, 0) is 14.8 Å². The molecule has 0 aromatic heterocycles. The average molecular weight is 334 g/mol. The van der Waals surface area contributed by atoms with Gasteiger partial charge in [-0.2, -0.15) is 0 Å².